The molecular weight excluding hydrogens is 370 g/mol. The molecule has 29 heavy (non-hydrogen) atoms. The molecule has 1 fully saturated rings. The zero-order valence-corrected chi connectivity index (χ0v) is 14.5. The van der Waals surface area contributed by atoms with E-state index in [4.69, 9.17) is 25.9 Å². The SMILES string of the molecule is [2H]c1c([2H])c([C@]2([2H])c3[nH]c4c([2H])c([2H])c([2H])c([2H])c4c3C[C@@H]3C(=O)N(C([2H])([2H])[2H])CC(=O)N32)c([2H])c2c1OC([2H])([2H])O2. The van der Waals surface area contributed by atoms with Crippen LogP contribution in [0.5, 0.6) is 11.5 Å². The van der Waals surface area contributed by atoms with Crippen molar-refractivity contribution in [3.8, 4) is 11.5 Å². The maximum atomic E-state index is 13.7. The molecule has 4 heterocycles. The molecule has 3 aliphatic heterocycles. The highest BCUT2D eigenvalue weighted by Crippen LogP contribution is 2.44. The van der Waals surface area contributed by atoms with E-state index in [1.807, 2.05) is 0 Å². The first-order valence-electron chi connectivity index (χ1n) is 15.1. The fraction of sp³-hybridized carbons (Fsp3) is 0.273. The van der Waals surface area contributed by atoms with Gasteiger partial charge < -0.3 is 24.3 Å². The van der Waals surface area contributed by atoms with E-state index in [1.165, 1.54) is 0 Å². The standard InChI is InChI=1S/C22H19N3O4/c1-24-10-19(26)25-16(22(24)27)9-14-13-4-2-3-5-15(13)23-20(14)21(25)12-6-7-17-18(8-12)29-11-28-17/h2-8,16,21,23H,9-11H2,1H3/t16-,21-/m1/s1/i1D3,2D,3D,4D,5D,6D,7D,8D,11D2,21D. The van der Waals surface area contributed by atoms with Crippen LogP contribution >= 0.6 is 0 Å². The van der Waals surface area contributed by atoms with Gasteiger partial charge in [-0.25, -0.2) is 0 Å². The lowest BCUT2D eigenvalue weighted by atomic mass is 9.86. The predicted octanol–water partition coefficient (Wildman–Crippen LogP) is 2.21. The van der Waals surface area contributed by atoms with Gasteiger partial charge in [0.25, 0.3) is 0 Å². The van der Waals surface area contributed by atoms with E-state index in [9.17, 15) is 11.0 Å². The molecule has 1 saturated heterocycles. The van der Waals surface area contributed by atoms with Gasteiger partial charge in [0, 0.05) is 34.1 Å². The molecule has 1 N–H and O–H groups in total. The highest BCUT2D eigenvalue weighted by molar-refractivity contribution is 5.97. The molecule has 146 valence electrons. The van der Waals surface area contributed by atoms with Gasteiger partial charge in [0.05, 0.1) is 23.5 Å². The molecule has 2 atom stereocenters. The average Bonchev–Trinajstić information content (AvgIpc) is 3.44. The summed E-state index contributed by atoms with van der Waals surface area (Å²) in [5, 5.41) is -0.139. The van der Waals surface area contributed by atoms with E-state index < -0.39 is 110 Å². The number of benzene rings is 2. The van der Waals surface area contributed by atoms with Gasteiger partial charge in [-0.15, -0.1) is 0 Å². The molecule has 2 aromatic carbocycles. The largest absolute Gasteiger partial charge is 0.454 e. The Labute approximate surface area is 185 Å². The van der Waals surface area contributed by atoms with Gasteiger partial charge in [-0.1, -0.05) is 24.2 Å². The topological polar surface area (TPSA) is 74.9 Å². The lowest BCUT2D eigenvalue weighted by molar-refractivity contribution is -0.157. The molecule has 1 aromatic heterocycles. The molecular formula is C22H19N3O4. The first-order chi connectivity index (χ1) is 19.3. The number of amides is 2. The zero-order chi connectivity index (χ0) is 31.0. The third kappa shape index (κ3) is 2.24. The van der Waals surface area contributed by atoms with Crippen LogP contribution in [0.3, 0.4) is 0 Å². The van der Waals surface area contributed by atoms with Crippen molar-refractivity contribution in [2.45, 2.75) is 18.5 Å². The Balaban J connectivity index is 1.74. The first-order valence-corrected chi connectivity index (χ1v) is 8.60. The Morgan fingerprint density at radius 1 is 1.24 bits per heavy atom. The first kappa shape index (κ1) is 8.10. The minimum absolute atomic E-state index is 0.0554. The molecule has 3 aliphatic rings. The second-order valence-corrected chi connectivity index (χ2v) is 6.68. The number of rotatable bonds is 1. The number of nitrogens with one attached hydrogen (secondary N) is 1. The van der Waals surface area contributed by atoms with Crippen molar-refractivity contribution in [1.29, 1.82) is 0 Å². The summed E-state index contributed by atoms with van der Waals surface area (Å²) in [6.45, 7) is -6.88. The summed E-state index contributed by atoms with van der Waals surface area (Å²) in [6, 6.07) is -9.34. The number of hydrogen-bond donors (Lipinski definition) is 1. The molecule has 0 spiro atoms. The molecule has 0 saturated carbocycles. The summed E-state index contributed by atoms with van der Waals surface area (Å²) in [6.07, 6.45) is -0.475. The average molecular weight is 402 g/mol. The summed E-state index contributed by atoms with van der Waals surface area (Å²) in [4.78, 5) is 31.1. The van der Waals surface area contributed by atoms with Gasteiger partial charge in [-0.3, -0.25) is 9.59 Å². The van der Waals surface area contributed by atoms with Crippen molar-refractivity contribution in [1.82, 2.24) is 14.8 Å². The van der Waals surface area contributed by atoms with Crippen LogP contribution in [0.1, 0.15) is 40.7 Å². The van der Waals surface area contributed by atoms with E-state index in [-0.39, 0.29) is 22.2 Å². The Morgan fingerprint density at radius 3 is 3.00 bits per heavy atom. The van der Waals surface area contributed by atoms with E-state index in [1.54, 1.807) is 0 Å². The number of carbonyl (C=O) groups excluding carboxylic acids is 2. The van der Waals surface area contributed by atoms with E-state index in [0.29, 0.717) is 9.80 Å². The van der Waals surface area contributed by atoms with Crippen LogP contribution in [-0.4, -0.2) is 52.9 Å². The van der Waals surface area contributed by atoms with Crippen LogP contribution in [0.15, 0.2) is 42.3 Å². The molecule has 7 heteroatoms. The summed E-state index contributed by atoms with van der Waals surface area (Å²) >= 11 is 0. The van der Waals surface area contributed by atoms with E-state index >= 15 is 0 Å². The Bertz CT molecular complexity index is 1770. The number of hydrogen-bond acceptors (Lipinski definition) is 4. The van der Waals surface area contributed by atoms with Crippen molar-refractivity contribution in [2.24, 2.45) is 0 Å². The smallest absolute Gasteiger partial charge is 0.245 e. The number of nitrogens with zero attached hydrogens (tertiary/aromatic N) is 2. The fourth-order valence-electron chi connectivity index (χ4n) is 3.88. The van der Waals surface area contributed by atoms with Crippen LogP contribution in [-0.2, 0) is 16.0 Å². The van der Waals surface area contributed by atoms with Crippen molar-refractivity contribution in [3.63, 3.8) is 0 Å². The number of likely N-dealkylation sites (N-methyl/N-ethyl adjacent to an activating group) is 1. The van der Waals surface area contributed by atoms with Gasteiger partial charge in [-0.2, -0.15) is 0 Å². The molecule has 2 amide bonds. The van der Waals surface area contributed by atoms with Crippen molar-refractivity contribution >= 4 is 22.7 Å². The maximum absolute atomic E-state index is 13.7. The van der Waals surface area contributed by atoms with Crippen molar-refractivity contribution in [2.75, 3.05) is 20.3 Å². The van der Waals surface area contributed by atoms with Crippen LogP contribution in [0.4, 0.5) is 0 Å². The Morgan fingerprint density at radius 2 is 2.10 bits per heavy atom. The lowest BCUT2D eigenvalue weighted by Crippen LogP contribution is -2.62. The Hall–Kier alpha value is -3.48. The third-order valence-corrected chi connectivity index (χ3v) is 5.11. The normalized spacial score (nSPS) is 33.9. The summed E-state index contributed by atoms with van der Waals surface area (Å²) in [5.41, 5.74) is -1.28. The van der Waals surface area contributed by atoms with Crippen LogP contribution < -0.4 is 9.47 Å². The highest BCUT2D eigenvalue weighted by Gasteiger charge is 2.47. The minimum Gasteiger partial charge on any atom is -0.454 e. The van der Waals surface area contributed by atoms with Gasteiger partial charge in [0.1, 0.15) is 8.78 Å². The highest BCUT2D eigenvalue weighted by atomic mass is 16.7. The number of aromatic nitrogens is 1. The molecule has 0 radical (unpaired) electrons. The maximum Gasteiger partial charge on any atom is 0.245 e. The number of para-hydroxylation sites is 1. The lowest BCUT2D eigenvalue weighted by Gasteiger charge is -2.46. The number of piperazine rings is 1. The number of carbonyl (C=O) groups is 2. The summed E-state index contributed by atoms with van der Waals surface area (Å²) in [5.74, 6) is -3.41. The molecule has 0 unspecified atom stereocenters. The number of fused-ring (bicyclic) bond motifs is 5. The number of ether oxygens (including phenoxy) is 2. The van der Waals surface area contributed by atoms with E-state index in [2.05, 4.69) is 4.98 Å². The monoisotopic (exact) mass is 402 g/mol. The zero-order valence-electron chi connectivity index (χ0n) is 27.5. The quantitative estimate of drug-likeness (QED) is 0.677. The van der Waals surface area contributed by atoms with Crippen molar-refractivity contribution in [3.05, 3.63) is 59.1 Å². The predicted molar refractivity (Wildman–Crippen MR) is 105 cm³/mol. The molecule has 7 nitrogen and oxygen atoms in total. The van der Waals surface area contributed by atoms with Crippen LogP contribution in [0.2, 0.25) is 0 Å². The second-order valence-electron chi connectivity index (χ2n) is 6.68. The molecule has 0 bridgehead atoms. The number of aromatic amines is 1. The van der Waals surface area contributed by atoms with Gasteiger partial charge in [0.15, 0.2) is 11.5 Å². The minimum atomic E-state index is -3.05. The fourth-order valence-corrected chi connectivity index (χ4v) is 3.88. The third-order valence-electron chi connectivity index (χ3n) is 5.11. The van der Waals surface area contributed by atoms with Gasteiger partial charge in [-0.05, 0) is 29.3 Å². The molecule has 3 aromatic rings. The second kappa shape index (κ2) is 5.76. The summed E-state index contributed by atoms with van der Waals surface area (Å²) in [7, 11) is 0. The van der Waals surface area contributed by atoms with E-state index in [0.717, 1.165) is 0 Å². The summed E-state index contributed by atoms with van der Waals surface area (Å²) < 4.78 is 118. The van der Waals surface area contributed by atoms with Gasteiger partial charge in [0.2, 0.25) is 18.6 Å². The Kier molecular flexibility index (Phi) is 1.61. The van der Waals surface area contributed by atoms with Crippen LogP contribution in [0, 0.1) is 0 Å². The molecule has 6 rings (SSSR count). The molecule has 0 aliphatic carbocycles. The van der Waals surface area contributed by atoms with Gasteiger partial charge >= 0.3 is 0 Å². The van der Waals surface area contributed by atoms with Crippen LogP contribution in [0.25, 0.3) is 10.9 Å². The number of H-pyrrole nitrogens is 1. The van der Waals surface area contributed by atoms with Crippen molar-refractivity contribution < 1.29 is 36.9 Å².